The Labute approximate surface area is 150 Å². The fourth-order valence-corrected chi connectivity index (χ4v) is 3.21. The van der Waals surface area contributed by atoms with Crippen molar-refractivity contribution in [2.75, 3.05) is 20.3 Å². The highest BCUT2D eigenvalue weighted by molar-refractivity contribution is 6.07. The number of nitrogens with zero attached hydrogens (tertiary/aromatic N) is 1. The van der Waals surface area contributed by atoms with Crippen LogP contribution in [0.15, 0.2) is 36.4 Å². The maximum Gasteiger partial charge on any atom is 0.326 e. The molecule has 7 heteroatoms. The highest BCUT2D eigenvalue weighted by Crippen LogP contribution is 2.34. The molecule has 2 amide bonds. The zero-order valence-corrected chi connectivity index (χ0v) is 14.3. The number of fused-ring (bicyclic) bond motifs is 1. The number of carbonyl (C=O) groups excluding carboxylic acids is 4. The normalized spacial score (nSPS) is 21.5. The number of hydrogen-bond donors (Lipinski definition) is 0. The molecule has 0 bridgehead atoms. The second-order valence-electron chi connectivity index (χ2n) is 6.23. The number of rotatable bonds is 6. The van der Waals surface area contributed by atoms with E-state index in [4.69, 9.17) is 9.47 Å². The maximum atomic E-state index is 12.3. The Morgan fingerprint density at radius 2 is 1.62 bits per heavy atom. The van der Waals surface area contributed by atoms with Crippen molar-refractivity contribution >= 4 is 23.6 Å². The Bertz CT molecular complexity index is 741. The number of imide groups is 1. The van der Waals surface area contributed by atoms with E-state index in [9.17, 15) is 19.2 Å². The van der Waals surface area contributed by atoms with E-state index in [0.29, 0.717) is 24.2 Å². The molecule has 0 unspecified atom stereocenters. The molecule has 0 aromatic heterocycles. The van der Waals surface area contributed by atoms with E-state index in [0.717, 1.165) is 4.90 Å². The fraction of sp³-hybridized carbons (Fsp3) is 0.368. The zero-order valence-electron chi connectivity index (χ0n) is 14.3. The van der Waals surface area contributed by atoms with Crippen LogP contribution in [0, 0.1) is 11.8 Å². The van der Waals surface area contributed by atoms with Crippen molar-refractivity contribution in [1.29, 1.82) is 0 Å². The van der Waals surface area contributed by atoms with Gasteiger partial charge in [-0.05, 0) is 37.1 Å². The van der Waals surface area contributed by atoms with Crippen LogP contribution in [-0.4, -0.2) is 48.7 Å². The van der Waals surface area contributed by atoms with E-state index in [1.807, 2.05) is 12.2 Å². The largest absolute Gasteiger partial charge is 0.497 e. The minimum Gasteiger partial charge on any atom is -0.497 e. The van der Waals surface area contributed by atoms with E-state index in [1.54, 1.807) is 24.3 Å². The van der Waals surface area contributed by atoms with Gasteiger partial charge in [0.05, 0.1) is 18.9 Å². The Morgan fingerprint density at radius 3 is 2.15 bits per heavy atom. The summed E-state index contributed by atoms with van der Waals surface area (Å²) in [5.41, 5.74) is 0.379. The molecule has 0 N–H and O–H groups in total. The van der Waals surface area contributed by atoms with Crippen LogP contribution in [0.25, 0.3) is 0 Å². The molecule has 1 saturated heterocycles. The summed E-state index contributed by atoms with van der Waals surface area (Å²) in [6.07, 6.45) is 4.77. The lowest BCUT2D eigenvalue weighted by Gasteiger charge is -2.14. The average Bonchev–Trinajstić information content (AvgIpc) is 2.91. The Morgan fingerprint density at radius 1 is 1.04 bits per heavy atom. The third-order valence-electron chi connectivity index (χ3n) is 4.66. The quantitative estimate of drug-likeness (QED) is 0.331. The summed E-state index contributed by atoms with van der Waals surface area (Å²) in [5, 5.41) is 0. The molecule has 136 valence electrons. The third kappa shape index (κ3) is 3.51. The third-order valence-corrected chi connectivity index (χ3v) is 4.66. The van der Waals surface area contributed by atoms with Crippen molar-refractivity contribution in [2.24, 2.45) is 11.8 Å². The minimum atomic E-state index is -0.778. The first-order valence-corrected chi connectivity index (χ1v) is 8.34. The number of carbonyl (C=O) groups is 4. The number of ether oxygens (including phenoxy) is 2. The van der Waals surface area contributed by atoms with E-state index in [2.05, 4.69) is 0 Å². The molecule has 1 aromatic carbocycles. The van der Waals surface area contributed by atoms with Gasteiger partial charge in [0.25, 0.3) is 0 Å². The van der Waals surface area contributed by atoms with Crippen LogP contribution in [-0.2, 0) is 19.1 Å². The zero-order chi connectivity index (χ0) is 18.7. The molecule has 3 rings (SSSR count). The van der Waals surface area contributed by atoms with Gasteiger partial charge in [0.2, 0.25) is 11.8 Å². The molecule has 0 radical (unpaired) electrons. The van der Waals surface area contributed by atoms with E-state index in [1.165, 1.54) is 7.11 Å². The summed E-state index contributed by atoms with van der Waals surface area (Å²) in [6, 6.07) is 6.40. The molecule has 0 saturated carbocycles. The van der Waals surface area contributed by atoms with Crippen LogP contribution >= 0.6 is 0 Å². The summed E-state index contributed by atoms with van der Waals surface area (Å²) < 4.78 is 9.96. The molecule has 2 aliphatic rings. The van der Waals surface area contributed by atoms with E-state index in [-0.39, 0.29) is 29.4 Å². The second-order valence-corrected chi connectivity index (χ2v) is 6.23. The van der Waals surface area contributed by atoms with Gasteiger partial charge in [-0.1, -0.05) is 12.2 Å². The lowest BCUT2D eigenvalue weighted by atomic mass is 9.85. The van der Waals surface area contributed by atoms with Gasteiger partial charge in [-0.2, -0.15) is 0 Å². The van der Waals surface area contributed by atoms with Gasteiger partial charge >= 0.3 is 5.97 Å². The van der Waals surface area contributed by atoms with Gasteiger partial charge in [-0.15, -0.1) is 0 Å². The number of methoxy groups -OCH3 is 1. The number of esters is 1. The monoisotopic (exact) mass is 357 g/mol. The van der Waals surface area contributed by atoms with Gasteiger partial charge < -0.3 is 9.47 Å². The fourth-order valence-electron chi connectivity index (χ4n) is 3.21. The number of amides is 2. The lowest BCUT2D eigenvalue weighted by molar-refractivity contribution is -0.152. The van der Waals surface area contributed by atoms with E-state index >= 15 is 0 Å². The standard InChI is InChI=1S/C19H19NO6/c1-25-13-8-6-12(7-9-13)16(21)11-26-17(22)10-20-18(23)14-4-2-3-5-15(14)19(20)24/h2-3,6-9,14-15H,4-5,10-11H2,1H3/t14-,15-/m1/s1. The molecule has 2 atom stereocenters. The van der Waals surface area contributed by atoms with Gasteiger partial charge in [-0.3, -0.25) is 24.1 Å². The van der Waals surface area contributed by atoms with Gasteiger partial charge in [0.1, 0.15) is 12.3 Å². The van der Waals surface area contributed by atoms with Crippen molar-refractivity contribution in [3.63, 3.8) is 0 Å². The van der Waals surface area contributed by atoms with Gasteiger partial charge in [-0.25, -0.2) is 0 Å². The van der Waals surface area contributed by atoms with Crippen LogP contribution in [0.2, 0.25) is 0 Å². The van der Waals surface area contributed by atoms with Crippen molar-refractivity contribution < 1.29 is 28.7 Å². The molecule has 1 aliphatic carbocycles. The summed E-state index contributed by atoms with van der Waals surface area (Å²) in [4.78, 5) is 49.5. The lowest BCUT2D eigenvalue weighted by Crippen LogP contribution is -2.37. The van der Waals surface area contributed by atoms with Crippen LogP contribution < -0.4 is 4.74 Å². The van der Waals surface area contributed by atoms with Crippen LogP contribution in [0.3, 0.4) is 0 Å². The molecule has 1 fully saturated rings. The molecule has 7 nitrogen and oxygen atoms in total. The number of ketones is 1. The predicted octanol–water partition coefficient (Wildman–Crippen LogP) is 1.37. The summed E-state index contributed by atoms with van der Waals surface area (Å²) in [7, 11) is 1.52. The van der Waals surface area contributed by atoms with Crippen molar-refractivity contribution in [2.45, 2.75) is 12.8 Å². The van der Waals surface area contributed by atoms with Gasteiger partial charge in [0.15, 0.2) is 12.4 Å². The van der Waals surface area contributed by atoms with Crippen molar-refractivity contribution in [1.82, 2.24) is 4.90 Å². The smallest absolute Gasteiger partial charge is 0.326 e. The van der Waals surface area contributed by atoms with Crippen LogP contribution in [0.4, 0.5) is 0 Å². The second kappa shape index (κ2) is 7.51. The summed E-state index contributed by atoms with van der Waals surface area (Å²) >= 11 is 0. The number of likely N-dealkylation sites (tertiary alicyclic amines) is 1. The topological polar surface area (TPSA) is 90.0 Å². The number of benzene rings is 1. The SMILES string of the molecule is COc1ccc(C(=O)COC(=O)CN2C(=O)[C@@H]3CC=CC[C@H]3C2=O)cc1. The van der Waals surface area contributed by atoms with Crippen molar-refractivity contribution in [3.05, 3.63) is 42.0 Å². The predicted molar refractivity (Wildman–Crippen MR) is 90.4 cm³/mol. The molecule has 26 heavy (non-hydrogen) atoms. The maximum absolute atomic E-state index is 12.3. The van der Waals surface area contributed by atoms with Crippen LogP contribution in [0.1, 0.15) is 23.2 Å². The highest BCUT2D eigenvalue weighted by atomic mass is 16.5. The molecule has 0 spiro atoms. The number of hydrogen-bond acceptors (Lipinski definition) is 6. The molecule has 1 heterocycles. The van der Waals surface area contributed by atoms with Crippen molar-refractivity contribution in [3.8, 4) is 5.75 Å². The average molecular weight is 357 g/mol. The Hall–Kier alpha value is -2.96. The first kappa shape index (κ1) is 17.8. The highest BCUT2D eigenvalue weighted by Gasteiger charge is 2.47. The minimum absolute atomic E-state index is 0.345. The summed E-state index contributed by atoms with van der Waals surface area (Å²) in [5.74, 6) is -2.01. The molecular formula is C19H19NO6. The first-order chi connectivity index (χ1) is 12.5. The summed E-state index contributed by atoms with van der Waals surface area (Å²) in [6.45, 7) is -0.906. The Kier molecular flexibility index (Phi) is 5.16. The molecular weight excluding hydrogens is 338 g/mol. The number of Topliss-reactive ketones (excluding diaryl/α,β-unsaturated/α-hetero) is 1. The molecule has 1 aromatic rings. The number of allylic oxidation sites excluding steroid dienone is 2. The van der Waals surface area contributed by atoms with Gasteiger partial charge in [0, 0.05) is 5.56 Å². The first-order valence-electron chi connectivity index (χ1n) is 8.34. The van der Waals surface area contributed by atoms with E-state index < -0.39 is 19.1 Å². The molecule has 1 aliphatic heterocycles. The van der Waals surface area contributed by atoms with Crippen LogP contribution in [0.5, 0.6) is 5.75 Å². The Balaban J connectivity index is 1.53.